The van der Waals surface area contributed by atoms with Crippen molar-refractivity contribution < 1.29 is 9.59 Å². The van der Waals surface area contributed by atoms with Gasteiger partial charge in [0.2, 0.25) is 5.91 Å². The lowest BCUT2D eigenvalue weighted by Gasteiger charge is -2.47. The molecule has 0 bridgehead atoms. The first-order chi connectivity index (χ1) is 12.6. The van der Waals surface area contributed by atoms with E-state index in [1.54, 1.807) is 6.07 Å². The van der Waals surface area contributed by atoms with E-state index >= 15 is 0 Å². The summed E-state index contributed by atoms with van der Waals surface area (Å²) < 4.78 is 0. The van der Waals surface area contributed by atoms with Crippen molar-refractivity contribution in [3.05, 3.63) is 53.9 Å². The van der Waals surface area contributed by atoms with Gasteiger partial charge in [0.1, 0.15) is 0 Å². The highest BCUT2D eigenvalue weighted by molar-refractivity contribution is 5.98. The first-order valence-corrected chi connectivity index (χ1v) is 9.10. The smallest absolute Gasteiger partial charge is 0.255 e. The van der Waals surface area contributed by atoms with Crippen LogP contribution in [0.2, 0.25) is 0 Å². The van der Waals surface area contributed by atoms with Gasteiger partial charge in [0, 0.05) is 37.2 Å². The molecule has 0 unspecified atom stereocenters. The molecule has 2 aliphatic heterocycles. The maximum absolute atomic E-state index is 12.7. The maximum atomic E-state index is 12.7. The number of nitrogens with zero attached hydrogens (tertiary/aromatic N) is 4. The number of aromatic nitrogens is 2. The second kappa shape index (κ2) is 6.52. The average Bonchev–Trinajstić information content (AvgIpc) is 2.69. The zero-order valence-corrected chi connectivity index (χ0v) is 14.9. The van der Waals surface area contributed by atoms with E-state index < -0.39 is 0 Å². The lowest BCUT2D eigenvalue weighted by Crippen LogP contribution is -2.51. The predicted octanol–water partition coefficient (Wildman–Crippen LogP) is 2.41. The van der Waals surface area contributed by atoms with Gasteiger partial charge in [0.15, 0.2) is 0 Å². The van der Waals surface area contributed by atoms with E-state index in [1.807, 2.05) is 34.9 Å². The summed E-state index contributed by atoms with van der Waals surface area (Å²) in [6.07, 6.45) is 5.17. The number of anilines is 1. The van der Waals surface area contributed by atoms with Gasteiger partial charge in [-0.15, -0.1) is 0 Å². The van der Waals surface area contributed by atoms with Gasteiger partial charge in [0.25, 0.3) is 5.91 Å². The number of hydrogen-bond acceptors (Lipinski definition) is 4. The Bertz CT molecular complexity index is 829. The molecular formula is C20H22N4O2. The third-order valence-corrected chi connectivity index (χ3v) is 5.71. The van der Waals surface area contributed by atoms with Gasteiger partial charge in [-0.1, -0.05) is 18.2 Å². The van der Waals surface area contributed by atoms with E-state index in [1.165, 1.54) is 18.0 Å². The molecule has 0 N–H and O–H groups in total. The number of rotatable bonds is 2. The van der Waals surface area contributed by atoms with Crippen molar-refractivity contribution in [3.8, 4) is 0 Å². The van der Waals surface area contributed by atoms with Crippen molar-refractivity contribution >= 4 is 17.5 Å². The number of carbonyl (C=O) groups is 2. The molecule has 2 aliphatic rings. The second-order valence-electron chi connectivity index (χ2n) is 7.04. The van der Waals surface area contributed by atoms with E-state index in [0.29, 0.717) is 31.6 Å². The summed E-state index contributed by atoms with van der Waals surface area (Å²) in [5.41, 5.74) is 2.68. The summed E-state index contributed by atoms with van der Waals surface area (Å²) in [5, 5.41) is 7.52. The van der Waals surface area contributed by atoms with Gasteiger partial charge >= 0.3 is 0 Å². The van der Waals surface area contributed by atoms with Gasteiger partial charge < -0.3 is 9.80 Å². The molecule has 6 nitrogen and oxygen atoms in total. The van der Waals surface area contributed by atoms with Crippen LogP contribution in [0.5, 0.6) is 0 Å². The van der Waals surface area contributed by atoms with Gasteiger partial charge in [-0.25, -0.2) is 0 Å². The summed E-state index contributed by atoms with van der Waals surface area (Å²) in [6, 6.07) is 9.91. The lowest BCUT2D eigenvalue weighted by atomic mass is 9.67. The Morgan fingerprint density at radius 3 is 2.62 bits per heavy atom. The average molecular weight is 350 g/mol. The molecule has 0 aliphatic carbocycles. The highest BCUT2D eigenvalue weighted by atomic mass is 16.2. The molecule has 1 aromatic heterocycles. The van der Waals surface area contributed by atoms with Gasteiger partial charge in [-0.3, -0.25) is 9.59 Å². The number of fused-ring (bicyclic) bond motifs is 2. The van der Waals surface area contributed by atoms with E-state index in [9.17, 15) is 9.59 Å². The lowest BCUT2D eigenvalue weighted by molar-refractivity contribution is -0.120. The van der Waals surface area contributed by atoms with E-state index in [2.05, 4.69) is 16.3 Å². The van der Waals surface area contributed by atoms with Gasteiger partial charge in [-0.2, -0.15) is 10.2 Å². The van der Waals surface area contributed by atoms with Crippen LogP contribution in [-0.4, -0.2) is 46.5 Å². The number of amides is 2. The molecule has 26 heavy (non-hydrogen) atoms. The van der Waals surface area contributed by atoms with Crippen molar-refractivity contribution in [1.29, 1.82) is 0 Å². The number of likely N-dealkylation sites (tertiary alicyclic amines) is 1. The third-order valence-electron chi connectivity index (χ3n) is 5.71. The maximum Gasteiger partial charge on any atom is 0.255 e. The topological polar surface area (TPSA) is 66.4 Å². The normalized spacial score (nSPS) is 18.7. The quantitative estimate of drug-likeness (QED) is 0.834. The molecular weight excluding hydrogens is 328 g/mol. The van der Waals surface area contributed by atoms with Crippen LogP contribution < -0.4 is 4.90 Å². The van der Waals surface area contributed by atoms with E-state index in [-0.39, 0.29) is 17.2 Å². The molecule has 1 spiro atoms. The Balaban J connectivity index is 1.58. The van der Waals surface area contributed by atoms with Crippen LogP contribution in [0.25, 0.3) is 0 Å². The van der Waals surface area contributed by atoms with Crippen molar-refractivity contribution in [2.75, 3.05) is 24.5 Å². The van der Waals surface area contributed by atoms with Crippen LogP contribution in [-0.2, 0) is 10.2 Å². The Morgan fingerprint density at radius 1 is 1.15 bits per heavy atom. The molecule has 134 valence electrons. The third kappa shape index (κ3) is 2.66. The molecule has 1 saturated heterocycles. The Kier molecular flexibility index (Phi) is 4.18. The zero-order valence-electron chi connectivity index (χ0n) is 14.9. The Labute approximate surface area is 152 Å². The predicted molar refractivity (Wildman–Crippen MR) is 97.9 cm³/mol. The monoisotopic (exact) mass is 350 g/mol. The van der Waals surface area contributed by atoms with Crippen molar-refractivity contribution in [1.82, 2.24) is 15.1 Å². The summed E-state index contributed by atoms with van der Waals surface area (Å²) in [6.45, 7) is 3.99. The van der Waals surface area contributed by atoms with Crippen LogP contribution >= 0.6 is 0 Å². The Morgan fingerprint density at radius 2 is 1.92 bits per heavy atom. The minimum atomic E-state index is -0.160. The summed E-state index contributed by atoms with van der Waals surface area (Å²) in [5.74, 6) is 0.171. The van der Waals surface area contributed by atoms with E-state index in [0.717, 1.165) is 18.5 Å². The fourth-order valence-electron chi connectivity index (χ4n) is 4.30. The van der Waals surface area contributed by atoms with Gasteiger partial charge in [-0.05, 0) is 37.5 Å². The van der Waals surface area contributed by atoms with Crippen LogP contribution in [0.15, 0.2) is 42.7 Å². The molecule has 0 atom stereocenters. The number of para-hydroxylation sites is 1. The standard InChI is InChI=1S/C20H22N4O2/c1-2-24-17-6-4-3-5-16(17)20(13-18(24)25)8-11-23(12-9-20)19(26)15-7-10-21-22-14-15/h3-7,10,14H,2,8-9,11-13H2,1H3. The Hall–Kier alpha value is -2.76. The van der Waals surface area contributed by atoms with Crippen molar-refractivity contribution in [2.24, 2.45) is 0 Å². The van der Waals surface area contributed by atoms with Crippen LogP contribution in [0.4, 0.5) is 5.69 Å². The first kappa shape index (κ1) is 16.7. The number of piperidine rings is 1. The fourth-order valence-corrected chi connectivity index (χ4v) is 4.30. The van der Waals surface area contributed by atoms with Crippen molar-refractivity contribution in [2.45, 2.75) is 31.6 Å². The molecule has 0 radical (unpaired) electrons. The molecule has 2 aromatic rings. The van der Waals surface area contributed by atoms with Crippen LogP contribution in [0.3, 0.4) is 0 Å². The molecule has 2 amide bonds. The number of carbonyl (C=O) groups excluding carboxylic acids is 2. The molecule has 0 saturated carbocycles. The van der Waals surface area contributed by atoms with Crippen molar-refractivity contribution in [3.63, 3.8) is 0 Å². The molecule has 1 aromatic carbocycles. The van der Waals surface area contributed by atoms with Crippen LogP contribution in [0.1, 0.15) is 42.1 Å². The fraction of sp³-hybridized carbons (Fsp3) is 0.400. The minimum Gasteiger partial charge on any atom is -0.339 e. The highest BCUT2D eigenvalue weighted by Gasteiger charge is 2.45. The SMILES string of the molecule is CCN1C(=O)CC2(CCN(C(=O)c3ccnnc3)CC2)c2ccccc21. The zero-order chi connectivity index (χ0) is 18.1. The summed E-state index contributed by atoms with van der Waals surface area (Å²) >= 11 is 0. The highest BCUT2D eigenvalue weighted by Crippen LogP contribution is 2.46. The van der Waals surface area contributed by atoms with Crippen LogP contribution in [0, 0.1) is 0 Å². The second-order valence-corrected chi connectivity index (χ2v) is 7.04. The summed E-state index contributed by atoms with van der Waals surface area (Å²) in [7, 11) is 0. The molecule has 1 fully saturated rings. The number of benzene rings is 1. The molecule has 6 heteroatoms. The summed E-state index contributed by atoms with van der Waals surface area (Å²) in [4.78, 5) is 29.1. The molecule has 3 heterocycles. The largest absolute Gasteiger partial charge is 0.339 e. The van der Waals surface area contributed by atoms with E-state index in [4.69, 9.17) is 0 Å². The first-order valence-electron chi connectivity index (χ1n) is 9.10. The van der Waals surface area contributed by atoms with Gasteiger partial charge in [0.05, 0.1) is 18.0 Å². The molecule has 4 rings (SSSR count). The minimum absolute atomic E-state index is 0.0136. The number of hydrogen-bond donors (Lipinski definition) is 0.